The minimum absolute atomic E-state index is 0.0190. The summed E-state index contributed by atoms with van der Waals surface area (Å²) in [5.41, 5.74) is 6.39. The van der Waals surface area contributed by atoms with Gasteiger partial charge in [0.05, 0.1) is 0 Å². The zero-order chi connectivity index (χ0) is 10.8. The van der Waals surface area contributed by atoms with E-state index < -0.39 is 0 Å². The van der Waals surface area contributed by atoms with Crippen LogP contribution in [0.3, 0.4) is 0 Å². The first kappa shape index (κ1) is 10.6. The van der Waals surface area contributed by atoms with Crippen molar-refractivity contribution in [1.29, 1.82) is 0 Å². The molecule has 1 aromatic rings. The van der Waals surface area contributed by atoms with E-state index in [1.165, 1.54) is 12.1 Å². The average Bonchev–Trinajstić information content (AvgIpc) is 2.23. The molecular weight excluding hydrogens is 196 g/mol. The van der Waals surface area contributed by atoms with Gasteiger partial charge in [-0.15, -0.1) is 0 Å². The molecule has 0 bridgehead atoms. The molecule has 1 aliphatic carbocycles. The molecule has 2 unspecified atom stereocenters. The largest absolute Gasteiger partial charge is 0.327 e. The van der Waals surface area contributed by atoms with Gasteiger partial charge < -0.3 is 5.73 Å². The van der Waals surface area contributed by atoms with Gasteiger partial charge >= 0.3 is 0 Å². The Kier molecular flexibility index (Phi) is 3.00. The molecule has 1 aromatic carbocycles. The summed E-state index contributed by atoms with van der Waals surface area (Å²) in [7, 11) is 0. The number of halogens is 2. The maximum atomic E-state index is 13.5. The SMILES string of the molecule is NC1CCCCC1c1cc(F)ccc1F. The predicted octanol–water partition coefficient (Wildman–Crippen LogP) is 2.95. The second kappa shape index (κ2) is 4.27. The van der Waals surface area contributed by atoms with Crippen LogP contribution in [0.15, 0.2) is 18.2 Å². The van der Waals surface area contributed by atoms with Crippen molar-refractivity contribution in [2.24, 2.45) is 5.73 Å². The molecule has 2 rings (SSSR count). The number of hydrogen-bond donors (Lipinski definition) is 1. The highest BCUT2D eigenvalue weighted by molar-refractivity contribution is 5.24. The fraction of sp³-hybridized carbons (Fsp3) is 0.500. The van der Waals surface area contributed by atoms with E-state index in [1.807, 2.05) is 0 Å². The Morgan fingerprint density at radius 1 is 1.13 bits per heavy atom. The second-order valence-electron chi connectivity index (χ2n) is 4.22. The fourth-order valence-corrected chi connectivity index (χ4v) is 2.34. The molecule has 0 spiro atoms. The van der Waals surface area contributed by atoms with Crippen LogP contribution in [0.5, 0.6) is 0 Å². The van der Waals surface area contributed by atoms with Gasteiger partial charge in [-0.2, -0.15) is 0 Å². The summed E-state index contributed by atoms with van der Waals surface area (Å²) < 4.78 is 26.5. The smallest absolute Gasteiger partial charge is 0.126 e. The summed E-state index contributed by atoms with van der Waals surface area (Å²) in [5.74, 6) is -0.739. The molecule has 15 heavy (non-hydrogen) atoms. The van der Waals surface area contributed by atoms with Gasteiger partial charge in [0.15, 0.2) is 0 Å². The Hall–Kier alpha value is -0.960. The first-order valence-corrected chi connectivity index (χ1v) is 5.39. The van der Waals surface area contributed by atoms with Gasteiger partial charge in [-0.3, -0.25) is 0 Å². The molecule has 1 aliphatic rings. The van der Waals surface area contributed by atoms with E-state index in [0.717, 1.165) is 31.7 Å². The fourth-order valence-electron chi connectivity index (χ4n) is 2.34. The Balaban J connectivity index is 2.30. The third-order valence-corrected chi connectivity index (χ3v) is 3.18. The topological polar surface area (TPSA) is 26.0 Å². The van der Waals surface area contributed by atoms with Gasteiger partial charge in [0, 0.05) is 12.0 Å². The summed E-state index contributed by atoms with van der Waals surface area (Å²) >= 11 is 0. The molecule has 1 nitrogen and oxygen atoms in total. The van der Waals surface area contributed by atoms with Crippen molar-refractivity contribution >= 4 is 0 Å². The highest BCUT2D eigenvalue weighted by Crippen LogP contribution is 2.33. The number of nitrogens with two attached hydrogens (primary N) is 1. The molecule has 1 saturated carbocycles. The zero-order valence-electron chi connectivity index (χ0n) is 8.55. The lowest BCUT2D eigenvalue weighted by molar-refractivity contribution is 0.374. The molecule has 2 atom stereocenters. The van der Waals surface area contributed by atoms with Crippen LogP contribution in [0.2, 0.25) is 0 Å². The molecule has 0 aliphatic heterocycles. The van der Waals surface area contributed by atoms with Crippen LogP contribution < -0.4 is 5.73 Å². The van der Waals surface area contributed by atoms with Crippen LogP contribution in [0, 0.1) is 11.6 Å². The highest BCUT2D eigenvalue weighted by atomic mass is 19.1. The Morgan fingerprint density at radius 2 is 1.87 bits per heavy atom. The molecule has 3 heteroatoms. The highest BCUT2D eigenvalue weighted by Gasteiger charge is 2.25. The quantitative estimate of drug-likeness (QED) is 0.759. The summed E-state index contributed by atoms with van der Waals surface area (Å²) in [5, 5.41) is 0. The van der Waals surface area contributed by atoms with Crippen LogP contribution in [0.4, 0.5) is 8.78 Å². The van der Waals surface area contributed by atoms with Gasteiger partial charge in [-0.05, 0) is 36.6 Å². The maximum absolute atomic E-state index is 13.5. The van der Waals surface area contributed by atoms with Crippen molar-refractivity contribution in [2.45, 2.75) is 37.6 Å². The van der Waals surface area contributed by atoms with E-state index in [1.54, 1.807) is 0 Å². The lowest BCUT2D eigenvalue weighted by Crippen LogP contribution is -2.31. The Bertz CT molecular complexity index is 351. The lowest BCUT2D eigenvalue weighted by atomic mass is 9.80. The van der Waals surface area contributed by atoms with Gasteiger partial charge in [-0.1, -0.05) is 12.8 Å². The van der Waals surface area contributed by atoms with E-state index >= 15 is 0 Å². The zero-order valence-corrected chi connectivity index (χ0v) is 8.55. The van der Waals surface area contributed by atoms with Crippen molar-refractivity contribution in [3.8, 4) is 0 Å². The maximum Gasteiger partial charge on any atom is 0.126 e. The second-order valence-corrected chi connectivity index (χ2v) is 4.22. The number of hydrogen-bond acceptors (Lipinski definition) is 1. The summed E-state index contributed by atoms with van der Waals surface area (Å²) in [6, 6.07) is 3.58. The van der Waals surface area contributed by atoms with Gasteiger partial charge in [0.2, 0.25) is 0 Å². The normalized spacial score (nSPS) is 26.6. The standard InChI is InChI=1S/C12H15F2N/c13-8-5-6-11(14)10(7-8)9-3-1-2-4-12(9)15/h5-7,9,12H,1-4,15H2. The first-order valence-electron chi connectivity index (χ1n) is 5.39. The molecule has 0 aromatic heterocycles. The molecule has 2 N–H and O–H groups in total. The Morgan fingerprint density at radius 3 is 2.60 bits per heavy atom. The van der Waals surface area contributed by atoms with E-state index in [-0.39, 0.29) is 23.6 Å². The van der Waals surface area contributed by atoms with Crippen LogP contribution >= 0.6 is 0 Å². The number of rotatable bonds is 1. The molecular formula is C12H15F2N. The first-order chi connectivity index (χ1) is 7.18. The van der Waals surface area contributed by atoms with E-state index in [2.05, 4.69) is 0 Å². The molecule has 0 radical (unpaired) electrons. The van der Waals surface area contributed by atoms with Crippen molar-refractivity contribution < 1.29 is 8.78 Å². The van der Waals surface area contributed by atoms with E-state index in [0.29, 0.717) is 5.56 Å². The van der Waals surface area contributed by atoms with E-state index in [9.17, 15) is 8.78 Å². The van der Waals surface area contributed by atoms with Crippen molar-refractivity contribution in [2.75, 3.05) is 0 Å². The molecule has 0 heterocycles. The van der Waals surface area contributed by atoms with Crippen LogP contribution in [0.1, 0.15) is 37.2 Å². The average molecular weight is 211 g/mol. The van der Waals surface area contributed by atoms with E-state index in [4.69, 9.17) is 5.73 Å². The monoisotopic (exact) mass is 211 g/mol. The lowest BCUT2D eigenvalue weighted by Gasteiger charge is -2.29. The van der Waals surface area contributed by atoms with Crippen molar-refractivity contribution in [3.05, 3.63) is 35.4 Å². The van der Waals surface area contributed by atoms with Crippen LogP contribution in [-0.2, 0) is 0 Å². The van der Waals surface area contributed by atoms with Crippen molar-refractivity contribution in [1.82, 2.24) is 0 Å². The molecule has 0 amide bonds. The minimum Gasteiger partial charge on any atom is -0.327 e. The predicted molar refractivity (Wildman–Crippen MR) is 55.5 cm³/mol. The molecule has 82 valence electrons. The third-order valence-electron chi connectivity index (χ3n) is 3.18. The van der Waals surface area contributed by atoms with Crippen LogP contribution in [0.25, 0.3) is 0 Å². The summed E-state index contributed by atoms with van der Waals surface area (Å²) in [6.45, 7) is 0. The summed E-state index contributed by atoms with van der Waals surface area (Å²) in [6.07, 6.45) is 3.91. The molecule has 0 saturated heterocycles. The van der Waals surface area contributed by atoms with Gasteiger partial charge in [0.25, 0.3) is 0 Å². The minimum atomic E-state index is -0.385. The van der Waals surface area contributed by atoms with Crippen molar-refractivity contribution in [3.63, 3.8) is 0 Å². The summed E-state index contributed by atoms with van der Waals surface area (Å²) in [4.78, 5) is 0. The Labute approximate surface area is 88.3 Å². The number of benzene rings is 1. The third kappa shape index (κ3) is 2.17. The molecule has 1 fully saturated rings. The van der Waals surface area contributed by atoms with Gasteiger partial charge in [0.1, 0.15) is 11.6 Å². The van der Waals surface area contributed by atoms with Gasteiger partial charge in [-0.25, -0.2) is 8.78 Å². The van der Waals surface area contributed by atoms with Crippen LogP contribution in [-0.4, -0.2) is 6.04 Å².